The third kappa shape index (κ3) is 3.36. The number of carbonyl (C=O) groups excluding carboxylic acids is 1. The molecule has 0 unspecified atom stereocenters. The largest absolute Gasteiger partial charge is 0.389 e. The maximum atomic E-state index is 12.0. The Morgan fingerprint density at radius 3 is 2.47 bits per heavy atom. The summed E-state index contributed by atoms with van der Waals surface area (Å²) >= 11 is 8.27. The standard InChI is InChI=1S/C13H10BrN3OS/c14-10-7-9(12(15)19)1-2-11(10)17-13(18)8-3-5-16-6-4-8/h1-7H,(H2,15,19)(H,17,18). The van der Waals surface area contributed by atoms with Gasteiger partial charge in [-0.15, -0.1) is 0 Å². The monoisotopic (exact) mass is 335 g/mol. The quantitative estimate of drug-likeness (QED) is 0.846. The minimum absolute atomic E-state index is 0.203. The van der Waals surface area contributed by atoms with Crippen molar-refractivity contribution in [2.45, 2.75) is 0 Å². The Morgan fingerprint density at radius 2 is 1.89 bits per heavy atom. The van der Waals surface area contributed by atoms with Crippen molar-refractivity contribution in [1.29, 1.82) is 0 Å². The summed E-state index contributed by atoms with van der Waals surface area (Å²) in [6, 6.07) is 8.57. The second-order valence-corrected chi connectivity index (χ2v) is 5.04. The van der Waals surface area contributed by atoms with Crippen molar-refractivity contribution >= 4 is 44.7 Å². The number of nitrogens with zero attached hydrogens (tertiary/aromatic N) is 1. The highest BCUT2D eigenvalue weighted by Crippen LogP contribution is 2.24. The molecule has 2 rings (SSSR count). The van der Waals surface area contributed by atoms with Crippen LogP contribution in [0.25, 0.3) is 0 Å². The van der Waals surface area contributed by atoms with E-state index in [2.05, 4.69) is 26.2 Å². The van der Waals surface area contributed by atoms with Gasteiger partial charge in [-0.2, -0.15) is 0 Å². The summed E-state index contributed by atoms with van der Waals surface area (Å²) in [6.45, 7) is 0. The van der Waals surface area contributed by atoms with E-state index in [-0.39, 0.29) is 5.91 Å². The van der Waals surface area contributed by atoms with E-state index in [9.17, 15) is 4.79 Å². The number of anilines is 1. The molecular weight excluding hydrogens is 326 g/mol. The summed E-state index contributed by atoms with van der Waals surface area (Å²) in [6.07, 6.45) is 3.14. The molecule has 0 saturated carbocycles. The first-order valence-corrected chi connectivity index (χ1v) is 6.59. The molecule has 0 fully saturated rings. The minimum Gasteiger partial charge on any atom is -0.389 e. The van der Waals surface area contributed by atoms with Crippen molar-refractivity contribution in [3.8, 4) is 0 Å². The number of thiocarbonyl (C=S) groups is 1. The van der Waals surface area contributed by atoms with Gasteiger partial charge in [-0.05, 0) is 46.3 Å². The van der Waals surface area contributed by atoms with Gasteiger partial charge in [-0.1, -0.05) is 12.2 Å². The fourth-order valence-corrected chi connectivity index (χ4v) is 2.07. The van der Waals surface area contributed by atoms with Crippen molar-refractivity contribution in [2.24, 2.45) is 5.73 Å². The Balaban J connectivity index is 2.20. The summed E-state index contributed by atoms with van der Waals surface area (Å²) < 4.78 is 0.722. The fourth-order valence-electron chi connectivity index (χ4n) is 1.47. The van der Waals surface area contributed by atoms with Crippen LogP contribution in [0.1, 0.15) is 15.9 Å². The lowest BCUT2D eigenvalue weighted by molar-refractivity contribution is 0.102. The van der Waals surface area contributed by atoms with E-state index >= 15 is 0 Å². The molecule has 6 heteroatoms. The Hall–Kier alpha value is -1.79. The third-order valence-electron chi connectivity index (χ3n) is 2.44. The molecule has 1 heterocycles. The lowest BCUT2D eigenvalue weighted by Crippen LogP contribution is -2.13. The van der Waals surface area contributed by atoms with Crippen LogP contribution in [0.4, 0.5) is 5.69 Å². The highest BCUT2D eigenvalue weighted by molar-refractivity contribution is 9.10. The zero-order chi connectivity index (χ0) is 13.8. The molecule has 0 radical (unpaired) electrons. The molecule has 0 saturated heterocycles. The first-order chi connectivity index (χ1) is 9.08. The van der Waals surface area contributed by atoms with Crippen LogP contribution in [0.5, 0.6) is 0 Å². The van der Waals surface area contributed by atoms with Gasteiger partial charge in [0.05, 0.1) is 5.69 Å². The van der Waals surface area contributed by atoms with Gasteiger partial charge in [0.25, 0.3) is 5.91 Å². The molecule has 1 amide bonds. The highest BCUT2D eigenvalue weighted by atomic mass is 79.9. The number of hydrogen-bond donors (Lipinski definition) is 2. The molecule has 4 nitrogen and oxygen atoms in total. The number of hydrogen-bond acceptors (Lipinski definition) is 3. The Bertz CT molecular complexity index is 631. The van der Waals surface area contributed by atoms with Gasteiger partial charge < -0.3 is 11.1 Å². The second-order valence-electron chi connectivity index (χ2n) is 3.75. The number of amides is 1. The Labute approximate surface area is 124 Å². The number of nitrogens with one attached hydrogen (secondary N) is 1. The van der Waals surface area contributed by atoms with Crippen molar-refractivity contribution in [1.82, 2.24) is 4.98 Å². The van der Waals surface area contributed by atoms with Crippen LogP contribution in [0.15, 0.2) is 47.2 Å². The number of benzene rings is 1. The van der Waals surface area contributed by atoms with Crippen LogP contribution in [0.3, 0.4) is 0 Å². The molecule has 0 aliphatic heterocycles. The summed E-state index contributed by atoms with van der Waals surface area (Å²) in [4.78, 5) is 16.2. The maximum Gasteiger partial charge on any atom is 0.255 e. The lowest BCUT2D eigenvalue weighted by atomic mass is 10.2. The molecule has 96 valence electrons. The maximum absolute atomic E-state index is 12.0. The second kappa shape index (κ2) is 5.90. The van der Waals surface area contributed by atoms with E-state index in [1.54, 1.807) is 42.7 Å². The molecular formula is C13H10BrN3OS. The van der Waals surface area contributed by atoms with E-state index in [0.29, 0.717) is 16.2 Å². The molecule has 1 aromatic carbocycles. The summed E-state index contributed by atoms with van der Waals surface area (Å²) in [7, 11) is 0. The Morgan fingerprint density at radius 1 is 1.21 bits per heavy atom. The van der Waals surface area contributed by atoms with Gasteiger partial charge in [0.2, 0.25) is 0 Å². The predicted octanol–water partition coefficient (Wildman–Crippen LogP) is 2.73. The molecule has 0 bridgehead atoms. The topological polar surface area (TPSA) is 68.0 Å². The highest BCUT2D eigenvalue weighted by Gasteiger charge is 2.09. The number of halogens is 1. The first-order valence-electron chi connectivity index (χ1n) is 5.38. The minimum atomic E-state index is -0.203. The summed E-state index contributed by atoms with van der Waals surface area (Å²) in [5.41, 5.74) is 7.48. The van der Waals surface area contributed by atoms with Crippen molar-refractivity contribution in [2.75, 3.05) is 5.32 Å². The Kier molecular flexibility index (Phi) is 4.24. The summed E-state index contributed by atoms with van der Waals surface area (Å²) in [5.74, 6) is -0.203. The predicted molar refractivity (Wildman–Crippen MR) is 82.2 cm³/mol. The van der Waals surface area contributed by atoms with E-state index in [4.69, 9.17) is 18.0 Å². The van der Waals surface area contributed by atoms with Gasteiger partial charge in [-0.25, -0.2) is 0 Å². The van der Waals surface area contributed by atoms with Gasteiger partial charge >= 0.3 is 0 Å². The molecule has 3 N–H and O–H groups in total. The molecule has 1 aromatic heterocycles. The molecule has 0 aliphatic rings. The molecule has 0 spiro atoms. The number of rotatable bonds is 3. The zero-order valence-electron chi connectivity index (χ0n) is 9.76. The van der Waals surface area contributed by atoms with Gasteiger partial charge in [0.15, 0.2) is 0 Å². The average Bonchev–Trinajstić information content (AvgIpc) is 2.41. The van der Waals surface area contributed by atoms with Crippen LogP contribution in [0, 0.1) is 0 Å². The van der Waals surface area contributed by atoms with Crippen molar-refractivity contribution in [3.05, 3.63) is 58.3 Å². The molecule has 19 heavy (non-hydrogen) atoms. The molecule has 2 aromatic rings. The van der Waals surface area contributed by atoms with Crippen LogP contribution >= 0.6 is 28.1 Å². The normalized spacial score (nSPS) is 9.95. The number of aromatic nitrogens is 1. The lowest BCUT2D eigenvalue weighted by Gasteiger charge is -2.08. The fraction of sp³-hybridized carbons (Fsp3) is 0. The zero-order valence-corrected chi connectivity index (χ0v) is 12.2. The first kappa shape index (κ1) is 13.6. The average molecular weight is 336 g/mol. The van der Waals surface area contributed by atoms with Gasteiger partial charge in [-0.3, -0.25) is 9.78 Å². The van der Waals surface area contributed by atoms with E-state index in [0.717, 1.165) is 10.0 Å². The SMILES string of the molecule is NC(=S)c1ccc(NC(=O)c2ccncc2)c(Br)c1. The molecule has 0 atom stereocenters. The van der Waals surface area contributed by atoms with Gasteiger partial charge in [0.1, 0.15) is 4.99 Å². The molecule has 0 aliphatic carbocycles. The van der Waals surface area contributed by atoms with Gasteiger partial charge in [0, 0.05) is 28.0 Å². The van der Waals surface area contributed by atoms with Crippen molar-refractivity contribution < 1.29 is 4.79 Å². The van der Waals surface area contributed by atoms with Crippen LogP contribution in [-0.4, -0.2) is 15.9 Å². The van der Waals surface area contributed by atoms with E-state index in [1.165, 1.54) is 0 Å². The van der Waals surface area contributed by atoms with Crippen molar-refractivity contribution in [3.63, 3.8) is 0 Å². The van der Waals surface area contributed by atoms with Crippen LogP contribution in [0.2, 0.25) is 0 Å². The third-order valence-corrected chi connectivity index (χ3v) is 3.34. The van der Waals surface area contributed by atoms with E-state index < -0.39 is 0 Å². The number of nitrogens with two attached hydrogens (primary N) is 1. The van der Waals surface area contributed by atoms with E-state index in [1.807, 2.05) is 0 Å². The van der Waals surface area contributed by atoms with Crippen LogP contribution in [-0.2, 0) is 0 Å². The van der Waals surface area contributed by atoms with Crippen LogP contribution < -0.4 is 11.1 Å². The smallest absolute Gasteiger partial charge is 0.255 e. The number of carbonyl (C=O) groups is 1. The summed E-state index contributed by atoms with van der Waals surface area (Å²) in [5, 5.41) is 2.79. The number of pyridine rings is 1.